The van der Waals surface area contributed by atoms with Crippen LogP contribution in [-0.2, 0) is 31.1 Å². The zero-order chi connectivity index (χ0) is 21.6. The number of rotatable bonds is 6. The average molecular weight is 425 g/mol. The van der Waals surface area contributed by atoms with E-state index in [2.05, 4.69) is 25.7 Å². The van der Waals surface area contributed by atoms with Gasteiger partial charge in [0.05, 0.1) is 31.9 Å². The number of anilines is 1. The molecule has 11 heteroatoms. The Balaban J connectivity index is 1.77. The minimum atomic E-state index is -4.46. The number of hydrogen-bond acceptors (Lipinski definition) is 5. The zero-order valence-electron chi connectivity index (χ0n) is 17.0. The minimum absolute atomic E-state index is 0.105. The maximum atomic E-state index is 13.7. The van der Waals surface area contributed by atoms with Crippen molar-refractivity contribution in [2.45, 2.75) is 26.2 Å². The number of nitrogens with one attached hydrogen (secondary N) is 2. The number of morpholine rings is 1. The van der Waals surface area contributed by atoms with E-state index in [-0.39, 0.29) is 12.1 Å². The Kier molecular flexibility index (Phi) is 7.14. The summed E-state index contributed by atoms with van der Waals surface area (Å²) >= 11 is 0. The summed E-state index contributed by atoms with van der Waals surface area (Å²) in [6.07, 6.45) is -3.02. The van der Waals surface area contributed by atoms with Gasteiger partial charge >= 0.3 is 6.18 Å². The number of hydrogen-bond donors (Lipinski definition) is 2. The van der Waals surface area contributed by atoms with Crippen LogP contribution in [0.3, 0.4) is 0 Å². The highest BCUT2D eigenvalue weighted by molar-refractivity contribution is 5.79. The predicted octanol–water partition coefficient (Wildman–Crippen LogP) is 1.93. The molecule has 2 N–H and O–H groups in total. The van der Waals surface area contributed by atoms with E-state index >= 15 is 0 Å². The number of guanidine groups is 1. The van der Waals surface area contributed by atoms with E-state index in [1.54, 1.807) is 17.8 Å². The zero-order valence-corrected chi connectivity index (χ0v) is 17.0. The highest BCUT2D eigenvalue weighted by Crippen LogP contribution is 2.35. The van der Waals surface area contributed by atoms with E-state index < -0.39 is 11.7 Å². The smallest absolute Gasteiger partial charge is 0.378 e. The van der Waals surface area contributed by atoms with Gasteiger partial charge in [-0.05, 0) is 24.6 Å². The molecule has 8 nitrogen and oxygen atoms in total. The molecule has 2 heterocycles. The fourth-order valence-corrected chi connectivity index (χ4v) is 3.13. The van der Waals surface area contributed by atoms with Gasteiger partial charge in [0, 0.05) is 32.4 Å². The standard InChI is InChI=1S/C19H26F3N7O/c1-3-23-18(25-12-17-26-13-27-28(17)2)24-11-14-4-5-15(10-16(14)19(20,21)22)29-6-8-30-9-7-29/h4-5,10,13H,3,6-9,11-12H2,1-2H3,(H2,23,24,25). The molecule has 1 fully saturated rings. The quantitative estimate of drug-likeness (QED) is 0.544. The second-order valence-electron chi connectivity index (χ2n) is 6.79. The first kappa shape index (κ1) is 21.9. The molecule has 30 heavy (non-hydrogen) atoms. The lowest BCUT2D eigenvalue weighted by atomic mass is 10.1. The topological polar surface area (TPSA) is 79.6 Å². The Hall–Kier alpha value is -2.82. The van der Waals surface area contributed by atoms with Crippen LogP contribution < -0.4 is 15.5 Å². The van der Waals surface area contributed by atoms with Crippen LogP contribution in [0.5, 0.6) is 0 Å². The summed E-state index contributed by atoms with van der Waals surface area (Å²) in [7, 11) is 1.76. The van der Waals surface area contributed by atoms with Crippen molar-refractivity contribution in [3.05, 3.63) is 41.5 Å². The molecule has 0 saturated carbocycles. The van der Waals surface area contributed by atoms with Crippen molar-refractivity contribution in [2.75, 3.05) is 37.7 Å². The van der Waals surface area contributed by atoms with Crippen LogP contribution in [-0.4, -0.2) is 53.6 Å². The van der Waals surface area contributed by atoms with Crippen molar-refractivity contribution in [3.63, 3.8) is 0 Å². The Morgan fingerprint density at radius 2 is 2.00 bits per heavy atom. The Morgan fingerprint density at radius 3 is 2.63 bits per heavy atom. The number of aliphatic imine (C=N–C) groups is 1. The maximum absolute atomic E-state index is 13.7. The molecule has 0 atom stereocenters. The molecule has 164 valence electrons. The molecule has 1 aromatic heterocycles. The van der Waals surface area contributed by atoms with Crippen LogP contribution in [0.25, 0.3) is 0 Å². The second-order valence-corrected chi connectivity index (χ2v) is 6.79. The number of benzene rings is 1. The van der Waals surface area contributed by atoms with Crippen molar-refractivity contribution in [1.29, 1.82) is 0 Å². The third kappa shape index (κ3) is 5.62. The normalized spacial score (nSPS) is 15.4. The molecular formula is C19H26F3N7O. The second kappa shape index (κ2) is 9.79. The molecule has 0 radical (unpaired) electrons. The molecule has 0 bridgehead atoms. The third-order valence-corrected chi connectivity index (χ3v) is 4.75. The van der Waals surface area contributed by atoms with Crippen molar-refractivity contribution in [1.82, 2.24) is 25.4 Å². The summed E-state index contributed by atoms with van der Waals surface area (Å²) in [6, 6.07) is 4.42. The van der Waals surface area contributed by atoms with E-state index in [1.807, 2.05) is 11.8 Å². The number of halogens is 3. The maximum Gasteiger partial charge on any atom is 0.416 e. The molecule has 2 aromatic rings. The van der Waals surface area contributed by atoms with Crippen molar-refractivity contribution < 1.29 is 17.9 Å². The first-order valence-corrected chi connectivity index (χ1v) is 9.76. The molecule has 0 spiro atoms. The summed E-state index contributed by atoms with van der Waals surface area (Å²) < 4.78 is 48.0. The van der Waals surface area contributed by atoms with Gasteiger partial charge in [0.25, 0.3) is 0 Å². The third-order valence-electron chi connectivity index (χ3n) is 4.75. The van der Waals surface area contributed by atoms with Crippen LogP contribution >= 0.6 is 0 Å². The molecule has 1 saturated heterocycles. The number of aromatic nitrogens is 3. The monoisotopic (exact) mass is 425 g/mol. The van der Waals surface area contributed by atoms with Crippen LogP contribution in [0.2, 0.25) is 0 Å². The Labute approximate surface area is 173 Å². The van der Waals surface area contributed by atoms with Gasteiger partial charge < -0.3 is 20.3 Å². The van der Waals surface area contributed by atoms with Crippen LogP contribution in [0, 0.1) is 0 Å². The van der Waals surface area contributed by atoms with Gasteiger partial charge in [-0.2, -0.15) is 18.3 Å². The van der Waals surface area contributed by atoms with Gasteiger partial charge in [-0.25, -0.2) is 9.98 Å². The molecule has 0 unspecified atom stereocenters. The SMILES string of the molecule is CCNC(=NCc1ccc(N2CCOCC2)cc1C(F)(F)F)NCc1ncnn1C. The molecule has 0 amide bonds. The van der Waals surface area contributed by atoms with E-state index in [1.165, 1.54) is 18.5 Å². The first-order chi connectivity index (χ1) is 14.4. The Morgan fingerprint density at radius 1 is 1.23 bits per heavy atom. The lowest BCUT2D eigenvalue weighted by Crippen LogP contribution is -2.37. The number of ether oxygens (including phenoxy) is 1. The highest BCUT2D eigenvalue weighted by Gasteiger charge is 2.34. The van der Waals surface area contributed by atoms with Crippen molar-refractivity contribution in [2.24, 2.45) is 12.0 Å². The predicted molar refractivity (Wildman–Crippen MR) is 107 cm³/mol. The summed E-state index contributed by atoms with van der Waals surface area (Å²) in [6.45, 7) is 4.88. The largest absolute Gasteiger partial charge is 0.416 e. The van der Waals surface area contributed by atoms with Crippen molar-refractivity contribution in [3.8, 4) is 0 Å². The number of nitrogens with zero attached hydrogens (tertiary/aromatic N) is 5. The van der Waals surface area contributed by atoms with Gasteiger partial charge in [-0.1, -0.05) is 6.07 Å². The number of alkyl halides is 3. The van der Waals surface area contributed by atoms with E-state index in [0.29, 0.717) is 56.9 Å². The van der Waals surface area contributed by atoms with Gasteiger partial charge in [0.15, 0.2) is 5.96 Å². The van der Waals surface area contributed by atoms with E-state index in [0.717, 1.165) is 0 Å². The van der Waals surface area contributed by atoms with Gasteiger partial charge in [0.1, 0.15) is 12.2 Å². The fraction of sp³-hybridized carbons (Fsp3) is 0.526. The van der Waals surface area contributed by atoms with Gasteiger partial charge in [0.2, 0.25) is 0 Å². The number of aryl methyl sites for hydroxylation is 1. The Bertz CT molecular complexity index is 860. The fourth-order valence-electron chi connectivity index (χ4n) is 3.13. The van der Waals surface area contributed by atoms with Crippen molar-refractivity contribution >= 4 is 11.6 Å². The molecule has 1 aromatic carbocycles. The summed E-state index contributed by atoms with van der Waals surface area (Å²) in [5, 5.41) is 10.1. The summed E-state index contributed by atoms with van der Waals surface area (Å²) in [5.74, 6) is 1.09. The van der Waals surface area contributed by atoms with Gasteiger partial charge in [-0.15, -0.1) is 0 Å². The molecule has 1 aliphatic rings. The van der Waals surface area contributed by atoms with Crippen LogP contribution in [0.4, 0.5) is 18.9 Å². The van der Waals surface area contributed by atoms with E-state index in [9.17, 15) is 13.2 Å². The average Bonchev–Trinajstić information content (AvgIpc) is 3.14. The van der Waals surface area contributed by atoms with E-state index in [4.69, 9.17) is 4.74 Å². The molecular weight excluding hydrogens is 399 g/mol. The molecule has 0 aliphatic carbocycles. The summed E-state index contributed by atoms with van der Waals surface area (Å²) in [4.78, 5) is 10.3. The summed E-state index contributed by atoms with van der Waals surface area (Å²) in [5.41, 5.74) is 0.000399. The van der Waals surface area contributed by atoms with Gasteiger partial charge in [-0.3, -0.25) is 4.68 Å². The molecule has 3 rings (SSSR count). The highest BCUT2D eigenvalue weighted by atomic mass is 19.4. The molecule has 1 aliphatic heterocycles. The van der Waals surface area contributed by atoms with Crippen LogP contribution in [0.15, 0.2) is 29.5 Å². The first-order valence-electron chi connectivity index (χ1n) is 9.76. The van der Waals surface area contributed by atoms with Crippen LogP contribution in [0.1, 0.15) is 23.9 Å². The lowest BCUT2D eigenvalue weighted by Gasteiger charge is -2.29. The minimum Gasteiger partial charge on any atom is -0.378 e. The lowest BCUT2D eigenvalue weighted by molar-refractivity contribution is -0.138.